The highest BCUT2D eigenvalue weighted by Gasteiger charge is 2.61. The molecule has 0 nitrogen and oxygen atoms in total. The summed E-state index contributed by atoms with van der Waals surface area (Å²) in [7, 11) is 12.6. The molecule has 9 atom stereocenters. The third-order valence-electron chi connectivity index (χ3n) is 6.59. The second-order valence-electron chi connectivity index (χ2n) is 6.96. The summed E-state index contributed by atoms with van der Waals surface area (Å²) in [6, 6.07) is 0. The van der Waals surface area contributed by atoms with Gasteiger partial charge in [-0.3, -0.25) is 0 Å². The van der Waals surface area contributed by atoms with Gasteiger partial charge in [0.05, 0.1) is 15.7 Å². The summed E-state index contributed by atoms with van der Waals surface area (Å²) in [5.41, 5.74) is 1.72. The van der Waals surface area contributed by atoms with Gasteiger partial charge in [-0.15, -0.1) is 0 Å². The summed E-state index contributed by atoms with van der Waals surface area (Å²) in [5.74, 6) is 6.08. The molecule has 0 aromatic heterocycles. The van der Waals surface area contributed by atoms with E-state index in [0.717, 1.165) is 29.6 Å². The zero-order chi connectivity index (χ0) is 11.3. The second-order valence-corrected chi connectivity index (χ2v) is 6.96. The maximum atomic E-state index is 6.33. The van der Waals surface area contributed by atoms with E-state index >= 15 is 0 Å². The Hall–Kier alpha value is -0.390. The van der Waals surface area contributed by atoms with Gasteiger partial charge in [-0.2, -0.15) is 0 Å². The molecule has 9 unspecified atom stereocenters. The van der Waals surface area contributed by atoms with Crippen LogP contribution in [0.1, 0.15) is 12.8 Å². The van der Waals surface area contributed by atoms with Gasteiger partial charge >= 0.3 is 0 Å². The van der Waals surface area contributed by atoms with Gasteiger partial charge in [0.2, 0.25) is 0 Å². The zero-order valence-electron chi connectivity index (χ0n) is 10.00. The van der Waals surface area contributed by atoms with Crippen LogP contribution in [-0.4, -0.2) is 15.7 Å². The second kappa shape index (κ2) is 2.78. The van der Waals surface area contributed by atoms with Crippen LogP contribution in [0.25, 0.3) is 0 Å². The van der Waals surface area contributed by atoms with Gasteiger partial charge in [0.15, 0.2) is 0 Å². The fourth-order valence-corrected chi connectivity index (χ4v) is 6.00. The van der Waals surface area contributed by atoms with E-state index in [0.29, 0.717) is 11.8 Å². The molecule has 3 saturated carbocycles. The SMILES string of the molecule is [B]C1C2CC(C1[B])C1C2=CC2C3C=CC(C3)C21. The van der Waals surface area contributed by atoms with Crippen molar-refractivity contribution in [2.45, 2.75) is 24.5 Å². The third-order valence-corrected chi connectivity index (χ3v) is 6.59. The van der Waals surface area contributed by atoms with Gasteiger partial charge in [0.25, 0.3) is 0 Å². The Morgan fingerprint density at radius 1 is 1.00 bits per heavy atom. The molecular formula is C15H16B2. The Kier molecular flexibility index (Phi) is 1.56. The van der Waals surface area contributed by atoms with Crippen LogP contribution < -0.4 is 0 Å². The molecule has 0 spiro atoms. The van der Waals surface area contributed by atoms with E-state index in [9.17, 15) is 0 Å². The highest BCUT2D eigenvalue weighted by Crippen LogP contribution is 2.70. The molecule has 0 amide bonds. The molecule has 2 heteroatoms. The highest BCUT2D eigenvalue weighted by atomic mass is 14.6. The van der Waals surface area contributed by atoms with E-state index in [-0.39, 0.29) is 11.6 Å². The first-order valence-corrected chi connectivity index (χ1v) is 7.17. The Morgan fingerprint density at radius 3 is 2.71 bits per heavy atom. The lowest BCUT2D eigenvalue weighted by Crippen LogP contribution is -2.29. The molecule has 0 aliphatic heterocycles. The van der Waals surface area contributed by atoms with Crippen LogP contribution in [0.5, 0.6) is 0 Å². The molecule has 5 aliphatic rings. The maximum Gasteiger partial charge on any atom is 0.0701 e. The van der Waals surface area contributed by atoms with Crippen LogP contribution >= 0.6 is 0 Å². The summed E-state index contributed by atoms with van der Waals surface area (Å²) < 4.78 is 0. The number of rotatable bonds is 0. The fraction of sp³-hybridized carbons (Fsp3) is 0.733. The lowest BCUT2D eigenvalue weighted by Gasteiger charge is -2.37. The van der Waals surface area contributed by atoms with Crippen LogP contribution in [-0.2, 0) is 0 Å². The van der Waals surface area contributed by atoms with Crippen molar-refractivity contribution in [3.8, 4) is 0 Å². The van der Waals surface area contributed by atoms with Crippen LogP contribution in [0, 0.1) is 41.4 Å². The minimum absolute atomic E-state index is 0.243. The maximum absolute atomic E-state index is 6.33. The molecule has 5 rings (SSSR count). The molecule has 3 fully saturated rings. The number of fused-ring (bicyclic) bond motifs is 11. The molecule has 0 N–H and O–H groups in total. The van der Waals surface area contributed by atoms with Gasteiger partial charge in [-0.05, 0) is 54.3 Å². The van der Waals surface area contributed by atoms with E-state index in [1.54, 1.807) is 5.57 Å². The van der Waals surface area contributed by atoms with Gasteiger partial charge in [-0.25, -0.2) is 0 Å². The predicted molar refractivity (Wildman–Crippen MR) is 69.9 cm³/mol. The summed E-state index contributed by atoms with van der Waals surface area (Å²) in [6.07, 6.45) is 10.3. The summed E-state index contributed by atoms with van der Waals surface area (Å²) in [4.78, 5) is 0. The first kappa shape index (κ1) is 9.53. The van der Waals surface area contributed by atoms with Gasteiger partial charge < -0.3 is 0 Å². The number of hydrogen-bond acceptors (Lipinski definition) is 0. The van der Waals surface area contributed by atoms with Crippen molar-refractivity contribution in [3.63, 3.8) is 0 Å². The topological polar surface area (TPSA) is 0 Å². The quantitative estimate of drug-likeness (QED) is 0.432. The smallest absolute Gasteiger partial charge is 0.0701 e. The highest BCUT2D eigenvalue weighted by molar-refractivity contribution is 6.22. The minimum atomic E-state index is 0.243. The molecule has 17 heavy (non-hydrogen) atoms. The van der Waals surface area contributed by atoms with Crippen LogP contribution in [0.15, 0.2) is 23.8 Å². The zero-order valence-corrected chi connectivity index (χ0v) is 10.00. The van der Waals surface area contributed by atoms with E-state index in [2.05, 4.69) is 18.2 Å². The molecule has 0 saturated heterocycles. The van der Waals surface area contributed by atoms with Gasteiger partial charge in [0.1, 0.15) is 0 Å². The van der Waals surface area contributed by atoms with E-state index < -0.39 is 0 Å². The molecule has 5 aliphatic carbocycles. The Morgan fingerprint density at radius 2 is 1.82 bits per heavy atom. The lowest BCUT2D eigenvalue weighted by atomic mass is 9.55. The van der Waals surface area contributed by atoms with Crippen molar-refractivity contribution in [3.05, 3.63) is 23.8 Å². The van der Waals surface area contributed by atoms with Crippen molar-refractivity contribution in [2.24, 2.45) is 41.4 Å². The molecule has 0 aromatic rings. The van der Waals surface area contributed by atoms with Crippen molar-refractivity contribution < 1.29 is 0 Å². The summed E-state index contributed by atoms with van der Waals surface area (Å²) in [6.45, 7) is 0. The van der Waals surface area contributed by atoms with Crippen molar-refractivity contribution in [1.82, 2.24) is 0 Å². The minimum Gasteiger partial charge on any atom is -0.0848 e. The Balaban J connectivity index is 1.61. The summed E-state index contributed by atoms with van der Waals surface area (Å²) >= 11 is 0. The first-order valence-electron chi connectivity index (χ1n) is 7.17. The predicted octanol–water partition coefficient (Wildman–Crippen LogP) is 2.54. The van der Waals surface area contributed by atoms with Crippen molar-refractivity contribution >= 4 is 15.7 Å². The van der Waals surface area contributed by atoms with Crippen LogP contribution in [0.3, 0.4) is 0 Å². The first-order chi connectivity index (χ1) is 8.25. The summed E-state index contributed by atoms with van der Waals surface area (Å²) in [5, 5.41) is 0. The van der Waals surface area contributed by atoms with E-state index in [4.69, 9.17) is 15.7 Å². The van der Waals surface area contributed by atoms with E-state index in [1.807, 2.05) is 0 Å². The fourth-order valence-electron chi connectivity index (χ4n) is 6.00. The standard InChI is InChI=1S/C15H16B2/c16-14-10-5-11(15(14)17)13-9(10)4-8-6-1-2-7(3-6)12(8)13/h1-2,4,6-8,10-15H,3,5H2. The monoisotopic (exact) mass is 218 g/mol. The lowest BCUT2D eigenvalue weighted by molar-refractivity contribution is 0.238. The molecular weight excluding hydrogens is 202 g/mol. The molecule has 0 heterocycles. The largest absolute Gasteiger partial charge is 0.0848 e. The number of hydrogen-bond donors (Lipinski definition) is 0. The molecule has 4 bridgehead atoms. The Bertz CT molecular complexity index is 452. The van der Waals surface area contributed by atoms with Crippen molar-refractivity contribution in [1.29, 1.82) is 0 Å². The third kappa shape index (κ3) is 0.902. The average molecular weight is 218 g/mol. The van der Waals surface area contributed by atoms with Gasteiger partial charge in [-0.1, -0.05) is 35.4 Å². The normalized spacial score (nSPS) is 65.2. The van der Waals surface area contributed by atoms with Crippen molar-refractivity contribution in [2.75, 3.05) is 0 Å². The Labute approximate surface area is 106 Å². The number of allylic oxidation sites excluding steroid dienone is 4. The molecule has 4 radical (unpaired) electrons. The molecule has 0 aromatic carbocycles. The van der Waals surface area contributed by atoms with Crippen LogP contribution in [0.4, 0.5) is 0 Å². The molecule has 82 valence electrons. The average Bonchev–Trinajstić information content (AvgIpc) is 3.03. The van der Waals surface area contributed by atoms with Gasteiger partial charge in [0, 0.05) is 0 Å². The van der Waals surface area contributed by atoms with E-state index in [1.165, 1.54) is 12.8 Å². The van der Waals surface area contributed by atoms with Crippen LogP contribution in [0.2, 0.25) is 11.6 Å².